The summed E-state index contributed by atoms with van der Waals surface area (Å²) in [4.78, 5) is 33.6. The summed E-state index contributed by atoms with van der Waals surface area (Å²) >= 11 is 0. The van der Waals surface area contributed by atoms with E-state index < -0.39 is 5.91 Å². The van der Waals surface area contributed by atoms with Crippen molar-refractivity contribution in [2.45, 2.75) is 40.4 Å². The first kappa shape index (κ1) is 23.8. The molecule has 35 heavy (non-hydrogen) atoms. The van der Waals surface area contributed by atoms with Crippen LogP contribution in [0.25, 0.3) is 10.9 Å². The lowest BCUT2D eigenvalue weighted by Gasteiger charge is -2.11. The lowest BCUT2D eigenvalue weighted by Crippen LogP contribution is -2.25. The normalized spacial score (nSPS) is 11.1. The van der Waals surface area contributed by atoms with Crippen LogP contribution < -0.4 is 22.5 Å². The number of fused-ring (bicyclic) bond motifs is 1. The molecule has 7 N–H and O–H groups in total. The summed E-state index contributed by atoms with van der Waals surface area (Å²) in [7, 11) is 0. The van der Waals surface area contributed by atoms with Gasteiger partial charge in [-0.2, -0.15) is 5.10 Å². The molecule has 4 aromatic rings. The summed E-state index contributed by atoms with van der Waals surface area (Å²) in [5.74, 6) is -0.400. The van der Waals surface area contributed by atoms with Crippen molar-refractivity contribution < 1.29 is 9.59 Å². The Hall–Kier alpha value is -4.31. The van der Waals surface area contributed by atoms with Crippen molar-refractivity contribution in [3.8, 4) is 0 Å². The number of anilines is 1. The third-order valence-corrected chi connectivity index (χ3v) is 5.87. The maximum absolute atomic E-state index is 13.0. The molecule has 0 saturated heterocycles. The molecule has 0 aliphatic rings. The van der Waals surface area contributed by atoms with Crippen molar-refractivity contribution in [1.29, 1.82) is 0 Å². The minimum atomic E-state index is -0.556. The quantitative estimate of drug-likeness (QED) is 0.318. The number of aromatic nitrogens is 4. The number of amides is 2. The van der Waals surface area contributed by atoms with Gasteiger partial charge in [0.15, 0.2) is 0 Å². The van der Waals surface area contributed by atoms with E-state index in [1.54, 1.807) is 29.2 Å². The Bertz CT molecular complexity index is 1430. The molecule has 2 amide bonds. The summed E-state index contributed by atoms with van der Waals surface area (Å²) in [6.45, 7) is 6.44. The monoisotopic (exact) mass is 472 g/mol. The predicted molar refractivity (Wildman–Crippen MR) is 134 cm³/mol. The van der Waals surface area contributed by atoms with Gasteiger partial charge < -0.3 is 22.5 Å². The maximum atomic E-state index is 13.0. The number of rotatable bonds is 7. The first-order chi connectivity index (χ1) is 16.7. The highest BCUT2D eigenvalue weighted by Crippen LogP contribution is 2.21. The molecule has 3 aromatic heterocycles. The highest BCUT2D eigenvalue weighted by molar-refractivity contribution is 6.05. The highest BCUT2D eigenvalue weighted by atomic mass is 16.2. The van der Waals surface area contributed by atoms with Gasteiger partial charge in [-0.1, -0.05) is 0 Å². The molecule has 0 aliphatic carbocycles. The standard InChI is InChI=1S/C25H28N8O2/c1-13-4-17-6-16(7-18(24(28)34)23(17)29-9-13)11-33-12-20(21(8-26)32-33)25(35)30-10-19-14(2)5-22(27)31-15(19)3/h4-7,9,12H,8,10-11,26H2,1-3H3,(H2,27,31)(H2,28,34)(H,30,35). The van der Waals surface area contributed by atoms with E-state index in [9.17, 15) is 9.59 Å². The molecule has 10 nitrogen and oxygen atoms in total. The number of nitrogens with two attached hydrogens (primary N) is 3. The second-order valence-corrected chi connectivity index (χ2v) is 8.59. The SMILES string of the molecule is Cc1cnc2c(C(N)=O)cc(Cn3cc(C(=O)NCc4c(C)cc(N)nc4C)c(CN)n3)cc2c1. The van der Waals surface area contributed by atoms with Crippen molar-refractivity contribution in [3.63, 3.8) is 0 Å². The van der Waals surface area contributed by atoms with E-state index in [1.165, 1.54) is 0 Å². The van der Waals surface area contributed by atoms with Crippen LogP contribution in [0.1, 0.15) is 54.4 Å². The molecular formula is C25H28N8O2. The van der Waals surface area contributed by atoms with Gasteiger partial charge in [0, 0.05) is 36.6 Å². The van der Waals surface area contributed by atoms with E-state index in [4.69, 9.17) is 17.2 Å². The first-order valence-corrected chi connectivity index (χ1v) is 11.1. The second-order valence-electron chi connectivity index (χ2n) is 8.59. The van der Waals surface area contributed by atoms with Gasteiger partial charge in [-0.25, -0.2) is 4.98 Å². The van der Waals surface area contributed by atoms with Crippen LogP contribution in [0.15, 0.2) is 36.7 Å². The molecular weight excluding hydrogens is 444 g/mol. The molecule has 4 rings (SSSR count). The molecule has 0 unspecified atom stereocenters. The third-order valence-electron chi connectivity index (χ3n) is 5.87. The van der Waals surface area contributed by atoms with Crippen LogP contribution in [-0.4, -0.2) is 31.6 Å². The second kappa shape index (κ2) is 9.51. The Morgan fingerprint density at radius 1 is 1.09 bits per heavy atom. The number of nitrogen functional groups attached to an aromatic ring is 1. The number of nitrogens with zero attached hydrogens (tertiary/aromatic N) is 4. The van der Waals surface area contributed by atoms with Gasteiger partial charge in [-0.15, -0.1) is 0 Å². The molecule has 0 aliphatic heterocycles. The maximum Gasteiger partial charge on any atom is 0.255 e. The van der Waals surface area contributed by atoms with Crippen LogP contribution in [0.5, 0.6) is 0 Å². The summed E-state index contributed by atoms with van der Waals surface area (Å²) in [6.07, 6.45) is 3.35. The van der Waals surface area contributed by atoms with Gasteiger partial charge in [-0.3, -0.25) is 19.3 Å². The number of carbonyl (C=O) groups excluding carboxylic acids is 2. The zero-order chi connectivity index (χ0) is 25.3. The van der Waals surface area contributed by atoms with Crippen LogP contribution in [0, 0.1) is 20.8 Å². The fourth-order valence-electron chi connectivity index (χ4n) is 4.19. The Morgan fingerprint density at radius 2 is 1.86 bits per heavy atom. The van der Waals surface area contributed by atoms with E-state index in [1.807, 2.05) is 32.9 Å². The van der Waals surface area contributed by atoms with E-state index >= 15 is 0 Å². The van der Waals surface area contributed by atoms with Crippen molar-refractivity contribution in [2.24, 2.45) is 11.5 Å². The molecule has 0 fully saturated rings. The van der Waals surface area contributed by atoms with Gasteiger partial charge in [0.1, 0.15) is 5.82 Å². The number of pyridine rings is 2. The number of hydrogen-bond acceptors (Lipinski definition) is 7. The number of nitrogens with one attached hydrogen (secondary N) is 1. The van der Waals surface area contributed by atoms with Crippen LogP contribution in [0.2, 0.25) is 0 Å². The number of aryl methyl sites for hydroxylation is 3. The Kier molecular flexibility index (Phi) is 6.48. The lowest BCUT2D eigenvalue weighted by atomic mass is 10.0. The van der Waals surface area contributed by atoms with Crippen LogP contribution >= 0.6 is 0 Å². The van der Waals surface area contributed by atoms with Gasteiger partial charge in [-0.05, 0) is 67.3 Å². The first-order valence-electron chi connectivity index (χ1n) is 11.1. The minimum Gasteiger partial charge on any atom is -0.384 e. The zero-order valence-corrected chi connectivity index (χ0v) is 19.9. The van der Waals surface area contributed by atoms with E-state index in [2.05, 4.69) is 20.4 Å². The van der Waals surface area contributed by atoms with Gasteiger partial charge in [0.05, 0.1) is 28.9 Å². The fourth-order valence-corrected chi connectivity index (χ4v) is 4.19. The average Bonchev–Trinajstić information content (AvgIpc) is 3.20. The topological polar surface area (TPSA) is 168 Å². The van der Waals surface area contributed by atoms with E-state index in [-0.39, 0.29) is 12.5 Å². The summed E-state index contributed by atoms with van der Waals surface area (Å²) < 4.78 is 1.63. The zero-order valence-electron chi connectivity index (χ0n) is 19.9. The molecule has 0 spiro atoms. The van der Waals surface area contributed by atoms with Crippen molar-refractivity contribution in [2.75, 3.05) is 5.73 Å². The van der Waals surface area contributed by atoms with Crippen LogP contribution in [0.3, 0.4) is 0 Å². The fraction of sp³-hybridized carbons (Fsp3) is 0.240. The molecule has 0 saturated carbocycles. The van der Waals surface area contributed by atoms with Crippen molar-refractivity contribution in [1.82, 2.24) is 25.1 Å². The molecule has 1 aromatic carbocycles. The van der Waals surface area contributed by atoms with Crippen LogP contribution in [-0.2, 0) is 19.6 Å². The number of hydrogen-bond donors (Lipinski definition) is 4. The van der Waals surface area contributed by atoms with E-state index in [0.717, 1.165) is 33.3 Å². The van der Waals surface area contributed by atoms with Crippen molar-refractivity contribution >= 4 is 28.5 Å². The lowest BCUT2D eigenvalue weighted by molar-refractivity contribution is 0.0948. The Balaban J connectivity index is 1.59. The molecule has 0 radical (unpaired) electrons. The summed E-state index contributed by atoms with van der Waals surface area (Å²) in [6, 6.07) is 7.36. The molecule has 10 heteroatoms. The minimum absolute atomic E-state index is 0.102. The largest absolute Gasteiger partial charge is 0.384 e. The third kappa shape index (κ3) is 4.97. The average molecular weight is 473 g/mol. The summed E-state index contributed by atoms with van der Waals surface area (Å²) in [5, 5.41) is 8.22. The van der Waals surface area contributed by atoms with Gasteiger partial charge in [0.25, 0.3) is 11.8 Å². The molecule has 180 valence electrons. The molecule has 0 bridgehead atoms. The smallest absolute Gasteiger partial charge is 0.255 e. The number of carbonyl (C=O) groups is 2. The van der Waals surface area contributed by atoms with Gasteiger partial charge >= 0.3 is 0 Å². The van der Waals surface area contributed by atoms with Crippen molar-refractivity contribution in [3.05, 3.63) is 81.4 Å². The number of benzene rings is 1. The Morgan fingerprint density at radius 3 is 2.54 bits per heavy atom. The van der Waals surface area contributed by atoms with Gasteiger partial charge in [0.2, 0.25) is 0 Å². The van der Waals surface area contributed by atoms with Crippen LogP contribution in [0.4, 0.5) is 5.82 Å². The molecule has 3 heterocycles. The Labute approximate surface area is 202 Å². The van der Waals surface area contributed by atoms with E-state index in [0.29, 0.717) is 41.2 Å². The predicted octanol–water partition coefficient (Wildman–Crippen LogP) is 1.87. The number of primary amides is 1. The molecule has 0 atom stereocenters. The summed E-state index contributed by atoms with van der Waals surface area (Å²) in [5.41, 5.74) is 23.4. The highest BCUT2D eigenvalue weighted by Gasteiger charge is 2.18.